The van der Waals surface area contributed by atoms with Gasteiger partial charge >= 0.3 is 0 Å². The van der Waals surface area contributed by atoms with Crippen molar-refractivity contribution in [1.29, 1.82) is 0 Å². The Bertz CT molecular complexity index is 412. The average molecular weight is 286 g/mol. The minimum Gasteiger partial charge on any atom is -0.486 e. The molecule has 1 aromatic carbocycles. The van der Waals surface area contributed by atoms with Gasteiger partial charge in [0.25, 0.3) is 0 Å². The maximum atomic E-state index is 6.18. The van der Waals surface area contributed by atoms with E-state index in [9.17, 15) is 0 Å². The fourth-order valence-electron chi connectivity index (χ4n) is 2.00. The molecule has 1 aliphatic rings. The Labute approximate surface area is 119 Å². The van der Waals surface area contributed by atoms with Crippen molar-refractivity contribution in [2.75, 3.05) is 33.5 Å². The topological polar surface area (TPSA) is 39.7 Å². The zero-order valence-electron chi connectivity index (χ0n) is 11.2. The maximum absolute atomic E-state index is 6.18. The van der Waals surface area contributed by atoms with E-state index < -0.39 is 0 Å². The molecule has 0 amide bonds. The normalized spacial score (nSPS) is 13.6. The van der Waals surface area contributed by atoms with E-state index in [0.29, 0.717) is 24.0 Å². The first-order valence-electron chi connectivity index (χ1n) is 6.59. The molecule has 0 unspecified atom stereocenters. The number of ether oxygens (including phenoxy) is 3. The smallest absolute Gasteiger partial charge is 0.179 e. The van der Waals surface area contributed by atoms with E-state index in [-0.39, 0.29) is 0 Å². The van der Waals surface area contributed by atoms with Crippen LogP contribution in [0, 0.1) is 0 Å². The fraction of sp³-hybridized carbons (Fsp3) is 0.571. The lowest BCUT2D eigenvalue weighted by atomic mass is 10.2. The molecule has 0 saturated heterocycles. The predicted octanol–water partition coefficient (Wildman–Crippen LogP) is 2.63. The Hall–Kier alpha value is -0.970. The summed E-state index contributed by atoms with van der Waals surface area (Å²) in [7, 11) is 1.73. The summed E-state index contributed by atoms with van der Waals surface area (Å²) in [4.78, 5) is 0. The average Bonchev–Trinajstić information content (AvgIpc) is 2.43. The number of hydrogen-bond acceptors (Lipinski definition) is 4. The largest absolute Gasteiger partial charge is 0.486 e. The van der Waals surface area contributed by atoms with E-state index in [1.54, 1.807) is 7.11 Å². The van der Waals surface area contributed by atoms with Gasteiger partial charge in [0.15, 0.2) is 11.5 Å². The standard InChI is InChI=1S/C14H20ClNO3/c1-17-5-3-2-4-16-10-11-8-12(15)14-13(9-11)18-6-7-19-14/h8-9,16H,2-7,10H2,1H3. The highest BCUT2D eigenvalue weighted by Crippen LogP contribution is 2.38. The molecule has 2 rings (SSSR count). The van der Waals surface area contributed by atoms with Gasteiger partial charge in [-0.3, -0.25) is 0 Å². The first-order chi connectivity index (χ1) is 9.31. The molecule has 4 nitrogen and oxygen atoms in total. The Morgan fingerprint density at radius 1 is 1.26 bits per heavy atom. The number of hydrogen-bond donors (Lipinski definition) is 1. The van der Waals surface area contributed by atoms with Crippen molar-refractivity contribution in [3.63, 3.8) is 0 Å². The van der Waals surface area contributed by atoms with Gasteiger partial charge in [-0.1, -0.05) is 11.6 Å². The van der Waals surface area contributed by atoms with Crippen LogP contribution in [0.5, 0.6) is 11.5 Å². The van der Waals surface area contributed by atoms with Gasteiger partial charge in [-0.25, -0.2) is 0 Å². The molecule has 0 bridgehead atoms. The minimum atomic E-state index is 0.559. The summed E-state index contributed by atoms with van der Waals surface area (Å²) in [6.07, 6.45) is 2.18. The summed E-state index contributed by atoms with van der Waals surface area (Å²) >= 11 is 6.18. The molecule has 5 heteroatoms. The van der Waals surface area contributed by atoms with Gasteiger partial charge in [0.2, 0.25) is 0 Å². The summed E-state index contributed by atoms with van der Waals surface area (Å²) in [6, 6.07) is 3.92. The minimum absolute atomic E-state index is 0.559. The van der Waals surface area contributed by atoms with Crippen LogP contribution in [0.3, 0.4) is 0 Å². The van der Waals surface area contributed by atoms with Gasteiger partial charge < -0.3 is 19.5 Å². The molecule has 1 N–H and O–H groups in total. The fourth-order valence-corrected chi connectivity index (χ4v) is 2.28. The van der Waals surface area contributed by atoms with Crippen molar-refractivity contribution < 1.29 is 14.2 Å². The third-order valence-electron chi connectivity index (χ3n) is 2.94. The van der Waals surface area contributed by atoms with Crippen LogP contribution in [0.4, 0.5) is 0 Å². The van der Waals surface area contributed by atoms with Gasteiger partial charge in [0.1, 0.15) is 13.2 Å². The Morgan fingerprint density at radius 3 is 2.95 bits per heavy atom. The second-order valence-electron chi connectivity index (χ2n) is 4.48. The van der Waals surface area contributed by atoms with Crippen molar-refractivity contribution in [2.24, 2.45) is 0 Å². The van der Waals surface area contributed by atoms with Crippen molar-refractivity contribution in [2.45, 2.75) is 19.4 Å². The second-order valence-corrected chi connectivity index (χ2v) is 4.89. The molecule has 106 valence electrons. The number of methoxy groups -OCH3 is 1. The highest BCUT2D eigenvalue weighted by Gasteiger charge is 2.16. The monoisotopic (exact) mass is 285 g/mol. The number of benzene rings is 1. The predicted molar refractivity (Wildman–Crippen MR) is 75.3 cm³/mol. The van der Waals surface area contributed by atoms with Gasteiger partial charge in [0, 0.05) is 20.3 Å². The number of rotatable bonds is 7. The van der Waals surface area contributed by atoms with E-state index in [0.717, 1.165) is 43.9 Å². The Balaban J connectivity index is 1.82. The first-order valence-corrected chi connectivity index (χ1v) is 6.96. The number of fused-ring (bicyclic) bond motifs is 1. The van der Waals surface area contributed by atoms with Crippen LogP contribution in [0.25, 0.3) is 0 Å². The van der Waals surface area contributed by atoms with E-state index in [2.05, 4.69) is 5.32 Å². The third kappa shape index (κ3) is 4.27. The van der Waals surface area contributed by atoms with Crippen LogP contribution in [0.15, 0.2) is 12.1 Å². The van der Waals surface area contributed by atoms with Crippen molar-refractivity contribution in [3.05, 3.63) is 22.7 Å². The molecule has 0 saturated carbocycles. The summed E-state index contributed by atoms with van der Waals surface area (Å²) < 4.78 is 16.0. The molecule has 1 heterocycles. The lowest BCUT2D eigenvalue weighted by molar-refractivity contribution is 0.171. The molecule has 0 fully saturated rings. The van der Waals surface area contributed by atoms with E-state index in [1.807, 2.05) is 12.1 Å². The van der Waals surface area contributed by atoms with Crippen LogP contribution < -0.4 is 14.8 Å². The van der Waals surface area contributed by atoms with Crippen LogP contribution in [-0.2, 0) is 11.3 Å². The van der Waals surface area contributed by atoms with Crippen molar-refractivity contribution >= 4 is 11.6 Å². The molecule has 0 atom stereocenters. The second kappa shape index (κ2) is 7.58. The number of unbranched alkanes of at least 4 members (excludes halogenated alkanes) is 1. The molecular weight excluding hydrogens is 266 g/mol. The highest BCUT2D eigenvalue weighted by atomic mass is 35.5. The Kier molecular flexibility index (Phi) is 5.76. The van der Waals surface area contributed by atoms with E-state index in [1.165, 1.54) is 0 Å². The van der Waals surface area contributed by atoms with Crippen molar-refractivity contribution in [3.8, 4) is 11.5 Å². The van der Waals surface area contributed by atoms with Crippen LogP contribution >= 0.6 is 11.6 Å². The van der Waals surface area contributed by atoms with Crippen molar-refractivity contribution in [1.82, 2.24) is 5.32 Å². The molecule has 0 spiro atoms. The van der Waals surface area contributed by atoms with Crippen LogP contribution in [0.1, 0.15) is 18.4 Å². The summed E-state index contributed by atoms with van der Waals surface area (Å²) in [5.41, 5.74) is 1.11. The first kappa shape index (κ1) is 14.4. The van der Waals surface area contributed by atoms with E-state index >= 15 is 0 Å². The molecule has 0 aliphatic carbocycles. The highest BCUT2D eigenvalue weighted by molar-refractivity contribution is 6.32. The summed E-state index contributed by atoms with van der Waals surface area (Å²) in [5, 5.41) is 4.00. The van der Waals surface area contributed by atoms with Gasteiger partial charge in [-0.05, 0) is 37.1 Å². The van der Waals surface area contributed by atoms with Gasteiger partial charge in [0.05, 0.1) is 5.02 Å². The quantitative estimate of drug-likeness (QED) is 0.782. The summed E-state index contributed by atoms with van der Waals surface area (Å²) in [5.74, 6) is 1.41. The number of halogens is 1. The Morgan fingerprint density at radius 2 is 2.11 bits per heavy atom. The third-order valence-corrected chi connectivity index (χ3v) is 3.22. The zero-order chi connectivity index (χ0) is 13.5. The zero-order valence-corrected chi connectivity index (χ0v) is 12.0. The molecule has 1 aromatic rings. The molecular formula is C14H20ClNO3. The van der Waals surface area contributed by atoms with Gasteiger partial charge in [-0.15, -0.1) is 0 Å². The van der Waals surface area contributed by atoms with Crippen LogP contribution in [-0.4, -0.2) is 33.5 Å². The summed E-state index contributed by atoms with van der Waals surface area (Å²) in [6.45, 7) is 3.71. The number of nitrogens with one attached hydrogen (secondary N) is 1. The SMILES string of the molecule is COCCCCNCc1cc(Cl)c2c(c1)OCCO2. The molecule has 1 aliphatic heterocycles. The molecule has 0 aromatic heterocycles. The van der Waals surface area contributed by atoms with Gasteiger partial charge in [-0.2, -0.15) is 0 Å². The molecule has 0 radical (unpaired) electrons. The maximum Gasteiger partial charge on any atom is 0.179 e. The van der Waals surface area contributed by atoms with Crippen LogP contribution in [0.2, 0.25) is 5.02 Å². The van der Waals surface area contributed by atoms with E-state index in [4.69, 9.17) is 25.8 Å². The lowest BCUT2D eigenvalue weighted by Crippen LogP contribution is -2.18. The molecule has 19 heavy (non-hydrogen) atoms. The lowest BCUT2D eigenvalue weighted by Gasteiger charge is -2.20.